The van der Waals surface area contributed by atoms with Crippen LogP contribution in [0.5, 0.6) is 5.75 Å². The molecular formula is C24H21F3N6O. The van der Waals surface area contributed by atoms with Gasteiger partial charge in [0.15, 0.2) is 5.82 Å². The number of rotatable bonds is 7. The minimum atomic E-state index is -4.73. The summed E-state index contributed by atoms with van der Waals surface area (Å²) in [6.07, 6.45) is -1.53. The van der Waals surface area contributed by atoms with E-state index in [9.17, 15) is 13.2 Å². The maximum atomic E-state index is 12.3. The van der Waals surface area contributed by atoms with Crippen LogP contribution in [0.4, 0.5) is 24.5 Å². The summed E-state index contributed by atoms with van der Waals surface area (Å²) >= 11 is 0. The summed E-state index contributed by atoms with van der Waals surface area (Å²) in [4.78, 5) is 6.31. The summed E-state index contributed by atoms with van der Waals surface area (Å²) in [6.45, 7) is 0. The first kappa shape index (κ1) is 22.8. The van der Waals surface area contributed by atoms with Crippen LogP contribution >= 0.6 is 0 Å². The van der Waals surface area contributed by atoms with E-state index in [1.165, 1.54) is 35.3 Å². The third-order valence-electron chi connectivity index (χ3n) is 4.79. The lowest BCUT2D eigenvalue weighted by molar-refractivity contribution is -0.274. The zero-order chi connectivity index (χ0) is 24.1. The van der Waals surface area contributed by atoms with Gasteiger partial charge in [0.2, 0.25) is 0 Å². The van der Waals surface area contributed by atoms with Crippen LogP contribution in [-0.2, 0) is 0 Å². The van der Waals surface area contributed by atoms with Crippen molar-refractivity contribution in [3.8, 4) is 22.8 Å². The first-order valence-electron chi connectivity index (χ1n) is 10.2. The number of aromatic nitrogens is 3. The van der Waals surface area contributed by atoms with Crippen molar-refractivity contribution >= 4 is 17.6 Å². The Morgan fingerprint density at radius 3 is 2.24 bits per heavy atom. The molecule has 0 radical (unpaired) electrons. The Morgan fingerprint density at radius 2 is 1.62 bits per heavy atom. The van der Waals surface area contributed by atoms with Gasteiger partial charge in [0.1, 0.15) is 12.1 Å². The summed E-state index contributed by atoms with van der Waals surface area (Å²) < 4.78 is 42.3. The summed E-state index contributed by atoms with van der Waals surface area (Å²) in [5, 5.41) is 8.66. The van der Waals surface area contributed by atoms with Gasteiger partial charge in [0.25, 0.3) is 0 Å². The van der Waals surface area contributed by atoms with Crippen molar-refractivity contribution < 1.29 is 17.9 Å². The summed E-state index contributed by atoms with van der Waals surface area (Å²) in [5.74, 6) is 0.187. The van der Waals surface area contributed by atoms with E-state index in [-0.39, 0.29) is 5.75 Å². The molecule has 1 aromatic heterocycles. The van der Waals surface area contributed by atoms with Crippen LogP contribution in [0, 0.1) is 0 Å². The number of alkyl halides is 3. The number of hydrazone groups is 1. The second kappa shape index (κ2) is 9.65. The molecule has 0 aliphatic rings. The largest absolute Gasteiger partial charge is 0.573 e. The SMILES string of the molecule is CN(C)c1ccc(N/N=C/c2ccc(-c3ncn(-c4ccc(OC(F)(F)F)cc4)n3)cc2)cc1. The Hall–Kier alpha value is -4.34. The van der Waals surface area contributed by atoms with Gasteiger partial charge in [-0.3, -0.25) is 5.43 Å². The first-order valence-corrected chi connectivity index (χ1v) is 10.2. The summed E-state index contributed by atoms with van der Waals surface area (Å²) in [7, 11) is 3.97. The molecule has 0 aliphatic heterocycles. The van der Waals surface area contributed by atoms with Gasteiger partial charge in [-0.1, -0.05) is 24.3 Å². The zero-order valence-electron chi connectivity index (χ0n) is 18.4. The van der Waals surface area contributed by atoms with Crippen LogP contribution in [0.25, 0.3) is 17.1 Å². The van der Waals surface area contributed by atoms with Crippen LogP contribution in [0.15, 0.2) is 84.2 Å². The molecule has 0 amide bonds. The molecule has 10 heteroatoms. The number of nitrogens with zero attached hydrogens (tertiary/aromatic N) is 5. The summed E-state index contributed by atoms with van der Waals surface area (Å²) in [6, 6.07) is 20.8. The third-order valence-corrected chi connectivity index (χ3v) is 4.79. The van der Waals surface area contributed by atoms with Crippen molar-refractivity contribution in [2.24, 2.45) is 5.10 Å². The van der Waals surface area contributed by atoms with Gasteiger partial charge in [-0.15, -0.1) is 18.3 Å². The van der Waals surface area contributed by atoms with Gasteiger partial charge in [-0.2, -0.15) is 5.10 Å². The fourth-order valence-corrected chi connectivity index (χ4v) is 3.05. The highest BCUT2D eigenvalue weighted by Crippen LogP contribution is 2.24. The average Bonchev–Trinajstić information content (AvgIpc) is 3.30. The van der Waals surface area contributed by atoms with Gasteiger partial charge in [0.05, 0.1) is 17.6 Å². The van der Waals surface area contributed by atoms with Gasteiger partial charge in [-0.25, -0.2) is 9.67 Å². The van der Waals surface area contributed by atoms with Crippen LogP contribution in [0.3, 0.4) is 0 Å². The quantitative estimate of drug-likeness (QED) is 0.294. The van der Waals surface area contributed by atoms with Crippen LogP contribution < -0.4 is 15.1 Å². The Morgan fingerprint density at radius 1 is 0.941 bits per heavy atom. The minimum absolute atomic E-state index is 0.297. The Labute approximate surface area is 194 Å². The maximum Gasteiger partial charge on any atom is 0.573 e. The molecule has 4 aromatic rings. The summed E-state index contributed by atoms with van der Waals surface area (Å²) in [5.41, 5.74) is 7.22. The molecule has 0 bridgehead atoms. The van der Waals surface area contributed by atoms with Crippen molar-refractivity contribution in [1.82, 2.24) is 14.8 Å². The van der Waals surface area contributed by atoms with Crippen molar-refractivity contribution in [2.75, 3.05) is 24.4 Å². The second-order valence-corrected chi connectivity index (χ2v) is 7.49. The number of hydrogen-bond donors (Lipinski definition) is 1. The number of nitrogens with one attached hydrogen (secondary N) is 1. The van der Waals surface area contributed by atoms with Crippen LogP contribution in [0.2, 0.25) is 0 Å². The van der Waals surface area contributed by atoms with E-state index in [1.807, 2.05) is 67.5 Å². The topological polar surface area (TPSA) is 67.6 Å². The van der Waals surface area contributed by atoms with Gasteiger partial charge in [-0.05, 0) is 54.1 Å². The molecule has 0 unspecified atom stereocenters. The van der Waals surface area contributed by atoms with Crippen molar-refractivity contribution in [2.45, 2.75) is 6.36 Å². The van der Waals surface area contributed by atoms with E-state index in [4.69, 9.17) is 0 Å². The normalized spacial score (nSPS) is 11.6. The standard InChI is InChI=1S/C24H21F3N6O/c1-32(2)20-9-7-19(8-10-20)30-29-15-17-3-5-18(6-4-17)23-28-16-33(31-23)21-11-13-22(14-12-21)34-24(25,26)27/h3-16,30H,1-2H3/b29-15+. The van der Waals surface area contributed by atoms with E-state index in [1.54, 1.807) is 6.21 Å². The molecule has 7 nitrogen and oxygen atoms in total. The number of hydrogen-bond acceptors (Lipinski definition) is 6. The fourth-order valence-electron chi connectivity index (χ4n) is 3.05. The van der Waals surface area contributed by atoms with Crippen LogP contribution in [0.1, 0.15) is 5.56 Å². The third kappa shape index (κ3) is 5.91. The molecular weight excluding hydrogens is 445 g/mol. The second-order valence-electron chi connectivity index (χ2n) is 7.49. The monoisotopic (exact) mass is 466 g/mol. The molecule has 0 aliphatic carbocycles. The van der Waals surface area contributed by atoms with E-state index >= 15 is 0 Å². The molecule has 0 atom stereocenters. The Balaban J connectivity index is 1.38. The van der Waals surface area contributed by atoms with Gasteiger partial charge < -0.3 is 9.64 Å². The van der Waals surface area contributed by atoms with Gasteiger partial charge >= 0.3 is 6.36 Å². The first-order chi connectivity index (χ1) is 16.3. The molecule has 0 spiro atoms. The van der Waals surface area contributed by atoms with E-state index in [0.29, 0.717) is 11.5 Å². The highest BCUT2D eigenvalue weighted by Gasteiger charge is 2.31. The molecule has 34 heavy (non-hydrogen) atoms. The average molecular weight is 466 g/mol. The zero-order valence-corrected chi connectivity index (χ0v) is 18.4. The smallest absolute Gasteiger partial charge is 0.406 e. The molecule has 4 rings (SSSR count). The molecule has 0 fully saturated rings. The molecule has 0 saturated heterocycles. The molecule has 1 heterocycles. The number of ether oxygens (including phenoxy) is 1. The lowest BCUT2D eigenvalue weighted by atomic mass is 10.1. The molecule has 174 valence electrons. The predicted octanol–water partition coefficient (Wildman–Crippen LogP) is 5.34. The Bertz CT molecular complexity index is 1250. The fraction of sp³-hybridized carbons (Fsp3) is 0.125. The van der Waals surface area contributed by atoms with Gasteiger partial charge in [0, 0.05) is 25.3 Å². The molecule has 3 aromatic carbocycles. The van der Waals surface area contributed by atoms with Crippen molar-refractivity contribution in [3.63, 3.8) is 0 Å². The molecule has 1 N–H and O–H groups in total. The maximum absolute atomic E-state index is 12.3. The van der Waals surface area contributed by atoms with E-state index in [2.05, 4.69) is 25.3 Å². The number of halogens is 3. The van der Waals surface area contributed by atoms with Crippen molar-refractivity contribution in [1.29, 1.82) is 0 Å². The highest BCUT2D eigenvalue weighted by atomic mass is 19.4. The molecule has 0 saturated carbocycles. The van der Waals surface area contributed by atoms with Crippen molar-refractivity contribution in [3.05, 3.63) is 84.7 Å². The number of benzene rings is 3. The Kier molecular flexibility index (Phi) is 6.48. The highest BCUT2D eigenvalue weighted by molar-refractivity contribution is 5.81. The number of anilines is 2. The van der Waals surface area contributed by atoms with E-state index in [0.717, 1.165) is 22.5 Å². The lowest BCUT2D eigenvalue weighted by Gasteiger charge is -2.12. The van der Waals surface area contributed by atoms with Crippen LogP contribution in [-0.4, -0.2) is 41.4 Å². The predicted molar refractivity (Wildman–Crippen MR) is 125 cm³/mol. The lowest BCUT2D eigenvalue weighted by Crippen LogP contribution is -2.17. The minimum Gasteiger partial charge on any atom is -0.406 e. The van der Waals surface area contributed by atoms with E-state index < -0.39 is 6.36 Å².